The lowest BCUT2D eigenvalue weighted by Crippen LogP contribution is -2.42. The maximum atomic E-state index is 12.3. The van der Waals surface area contributed by atoms with Gasteiger partial charge in [0.05, 0.1) is 13.2 Å². The van der Waals surface area contributed by atoms with Crippen molar-refractivity contribution >= 4 is 44.1 Å². The summed E-state index contributed by atoms with van der Waals surface area (Å²) in [4.78, 5) is 31.8. The van der Waals surface area contributed by atoms with Crippen molar-refractivity contribution in [1.82, 2.24) is 14.9 Å². The second-order valence-electron chi connectivity index (χ2n) is 5.46. The largest absolute Gasteiger partial charge is 0.465 e. The Labute approximate surface area is 143 Å². The SMILES string of the molecule is O=C(O)N1CCOC(c2nc3c(oc4ccc(Br)cc43)c(=O)[nH]2)C1. The molecule has 3 heterocycles. The van der Waals surface area contributed by atoms with Crippen LogP contribution < -0.4 is 5.56 Å². The molecule has 2 aromatic heterocycles. The summed E-state index contributed by atoms with van der Waals surface area (Å²) in [6, 6.07) is 5.39. The first-order chi connectivity index (χ1) is 11.5. The van der Waals surface area contributed by atoms with Gasteiger partial charge >= 0.3 is 6.09 Å². The zero-order valence-electron chi connectivity index (χ0n) is 12.3. The summed E-state index contributed by atoms with van der Waals surface area (Å²) in [5, 5.41) is 9.83. The molecular weight excluding hydrogens is 382 g/mol. The zero-order valence-corrected chi connectivity index (χ0v) is 13.9. The van der Waals surface area contributed by atoms with E-state index in [4.69, 9.17) is 14.3 Å². The predicted molar refractivity (Wildman–Crippen MR) is 88.1 cm³/mol. The summed E-state index contributed by atoms with van der Waals surface area (Å²) in [7, 11) is 0. The van der Waals surface area contributed by atoms with Gasteiger partial charge in [0, 0.05) is 16.4 Å². The van der Waals surface area contributed by atoms with Gasteiger partial charge in [-0.15, -0.1) is 0 Å². The van der Waals surface area contributed by atoms with Gasteiger partial charge in [0.15, 0.2) is 0 Å². The molecule has 1 atom stereocenters. The van der Waals surface area contributed by atoms with Gasteiger partial charge in [-0.05, 0) is 18.2 Å². The van der Waals surface area contributed by atoms with E-state index >= 15 is 0 Å². The van der Waals surface area contributed by atoms with E-state index in [9.17, 15) is 9.59 Å². The molecule has 1 amide bonds. The Morgan fingerprint density at radius 2 is 2.29 bits per heavy atom. The fourth-order valence-corrected chi connectivity index (χ4v) is 3.15. The van der Waals surface area contributed by atoms with Crippen LogP contribution in [0.15, 0.2) is 31.9 Å². The molecule has 4 rings (SSSR count). The number of furan rings is 1. The number of carbonyl (C=O) groups is 1. The third-order valence-corrected chi connectivity index (χ3v) is 4.44. The minimum atomic E-state index is -1.02. The highest BCUT2D eigenvalue weighted by Crippen LogP contribution is 2.29. The van der Waals surface area contributed by atoms with Gasteiger partial charge in [-0.3, -0.25) is 4.79 Å². The van der Waals surface area contributed by atoms with Gasteiger partial charge in [0.1, 0.15) is 23.0 Å². The number of halogens is 1. The van der Waals surface area contributed by atoms with E-state index in [1.807, 2.05) is 12.1 Å². The van der Waals surface area contributed by atoms with Crippen molar-refractivity contribution in [2.75, 3.05) is 19.7 Å². The Balaban J connectivity index is 1.84. The number of hydrogen-bond acceptors (Lipinski definition) is 5. The second-order valence-corrected chi connectivity index (χ2v) is 6.38. The zero-order chi connectivity index (χ0) is 16.8. The van der Waals surface area contributed by atoms with Gasteiger partial charge in [0.25, 0.3) is 5.56 Å². The molecule has 0 aliphatic carbocycles. The van der Waals surface area contributed by atoms with E-state index in [-0.39, 0.29) is 18.7 Å². The molecule has 1 unspecified atom stereocenters. The highest BCUT2D eigenvalue weighted by molar-refractivity contribution is 9.10. The molecule has 0 bridgehead atoms. The van der Waals surface area contributed by atoms with Gasteiger partial charge in [-0.2, -0.15) is 0 Å². The van der Waals surface area contributed by atoms with Gasteiger partial charge < -0.3 is 24.1 Å². The predicted octanol–water partition coefficient (Wildman–Crippen LogP) is 2.48. The summed E-state index contributed by atoms with van der Waals surface area (Å²) in [6.07, 6.45) is -1.64. The molecule has 0 spiro atoms. The highest BCUT2D eigenvalue weighted by Gasteiger charge is 2.27. The van der Waals surface area contributed by atoms with Crippen LogP contribution in [0.4, 0.5) is 4.79 Å². The maximum Gasteiger partial charge on any atom is 0.407 e. The van der Waals surface area contributed by atoms with Crippen LogP contribution in [0, 0.1) is 0 Å². The van der Waals surface area contributed by atoms with Crippen molar-refractivity contribution in [2.45, 2.75) is 6.10 Å². The number of carboxylic acid groups (broad SMARTS) is 1. The van der Waals surface area contributed by atoms with E-state index in [0.717, 1.165) is 4.47 Å². The Morgan fingerprint density at radius 3 is 3.08 bits per heavy atom. The number of H-pyrrole nitrogens is 1. The van der Waals surface area contributed by atoms with Crippen LogP contribution in [0.3, 0.4) is 0 Å². The van der Waals surface area contributed by atoms with Crippen LogP contribution in [0.1, 0.15) is 11.9 Å². The monoisotopic (exact) mass is 393 g/mol. The number of nitrogens with zero attached hydrogens (tertiary/aromatic N) is 2. The van der Waals surface area contributed by atoms with Crippen molar-refractivity contribution in [2.24, 2.45) is 0 Å². The molecular formula is C15H12BrN3O5. The van der Waals surface area contributed by atoms with Crippen LogP contribution in [0.2, 0.25) is 0 Å². The van der Waals surface area contributed by atoms with E-state index in [2.05, 4.69) is 25.9 Å². The molecule has 1 fully saturated rings. The van der Waals surface area contributed by atoms with E-state index in [0.29, 0.717) is 28.9 Å². The maximum absolute atomic E-state index is 12.3. The fourth-order valence-electron chi connectivity index (χ4n) is 2.78. The quantitative estimate of drug-likeness (QED) is 0.657. The number of morpholine rings is 1. The molecule has 9 heteroatoms. The molecule has 1 saturated heterocycles. The Morgan fingerprint density at radius 1 is 1.46 bits per heavy atom. The van der Waals surface area contributed by atoms with Crippen LogP contribution in [0.25, 0.3) is 22.1 Å². The molecule has 0 saturated carbocycles. The topological polar surface area (TPSA) is 109 Å². The van der Waals surface area contributed by atoms with Crippen molar-refractivity contribution in [3.05, 3.63) is 38.9 Å². The van der Waals surface area contributed by atoms with Crippen molar-refractivity contribution in [3.63, 3.8) is 0 Å². The number of fused-ring (bicyclic) bond motifs is 3. The summed E-state index contributed by atoms with van der Waals surface area (Å²) in [5.41, 5.74) is 0.706. The van der Waals surface area contributed by atoms with Crippen LogP contribution in [0.5, 0.6) is 0 Å². The fraction of sp³-hybridized carbons (Fsp3) is 0.267. The Hall–Kier alpha value is -2.39. The second kappa shape index (κ2) is 5.60. The average Bonchev–Trinajstić information content (AvgIpc) is 2.93. The van der Waals surface area contributed by atoms with E-state index in [1.54, 1.807) is 6.07 Å². The first-order valence-corrected chi connectivity index (χ1v) is 8.03. The number of amides is 1. The summed E-state index contributed by atoms with van der Waals surface area (Å²) in [5.74, 6) is 0.293. The third kappa shape index (κ3) is 2.45. The van der Waals surface area contributed by atoms with Crippen LogP contribution >= 0.6 is 15.9 Å². The van der Waals surface area contributed by atoms with Crippen molar-refractivity contribution in [1.29, 1.82) is 0 Å². The number of nitrogens with one attached hydrogen (secondary N) is 1. The van der Waals surface area contributed by atoms with Crippen molar-refractivity contribution in [3.8, 4) is 0 Å². The molecule has 2 N–H and O–H groups in total. The molecule has 1 aliphatic heterocycles. The van der Waals surface area contributed by atoms with Gasteiger partial charge in [-0.1, -0.05) is 15.9 Å². The third-order valence-electron chi connectivity index (χ3n) is 3.95. The molecule has 1 aromatic carbocycles. The number of hydrogen-bond donors (Lipinski definition) is 2. The average molecular weight is 394 g/mol. The number of aromatic amines is 1. The van der Waals surface area contributed by atoms with Crippen LogP contribution in [-0.2, 0) is 4.74 Å². The molecule has 8 nitrogen and oxygen atoms in total. The lowest BCUT2D eigenvalue weighted by Gasteiger charge is -2.30. The minimum Gasteiger partial charge on any atom is -0.465 e. The lowest BCUT2D eigenvalue weighted by molar-refractivity contribution is -0.0273. The molecule has 24 heavy (non-hydrogen) atoms. The summed E-state index contributed by atoms with van der Waals surface area (Å²) in [6.45, 7) is 0.652. The van der Waals surface area contributed by atoms with E-state index in [1.165, 1.54) is 4.90 Å². The van der Waals surface area contributed by atoms with Crippen molar-refractivity contribution < 1.29 is 19.1 Å². The van der Waals surface area contributed by atoms with Gasteiger partial charge in [-0.25, -0.2) is 9.78 Å². The van der Waals surface area contributed by atoms with Gasteiger partial charge in [0.2, 0.25) is 5.58 Å². The highest BCUT2D eigenvalue weighted by atomic mass is 79.9. The first kappa shape index (κ1) is 15.2. The molecule has 124 valence electrons. The standard InChI is InChI=1S/C15H12BrN3O5/c16-7-1-2-9-8(5-7)11-12(24-9)14(20)18-13(17-11)10-6-19(15(21)22)3-4-23-10/h1-2,5,10H,3-4,6H2,(H,21,22)(H,17,18,20). The Kier molecular flexibility index (Phi) is 3.54. The number of aromatic nitrogens is 2. The Bertz CT molecular complexity index is 1010. The number of rotatable bonds is 1. The molecule has 1 aliphatic rings. The van der Waals surface area contributed by atoms with E-state index < -0.39 is 17.8 Å². The summed E-state index contributed by atoms with van der Waals surface area (Å²) < 4.78 is 12.0. The molecule has 3 aromatic rings. The minimum absolute atomic E-state index is 0.114. The number of ether oxygens (including phenoxy) is 1. The summed E-state index contributed by atoms with van der Waals surface area (Å²) >= 11 is 3.39. The van der Waals surface area contributed by atoms with Crippen LogP contribution in [-0.4, -0.2) is 45.8 Å². The number of benzene rings is 1. The first-order valence-electron chi connectivity index (χ1n) is 7.24. The molecule has 0 radical (unpaired) electrons. The normalized spacial score (nSPS) is 18.4. The smallest absolute Gasteiger partial charge is 0.407 e. The lowest BCUT2D eigenvalue weighted by atomic mass is 10.2.